The van der Waals surface area contributed by atoms with Gasteiger partial charge in [-0.1, -0.05) is 180 Å². The van der Waals surface area contributed by atoms with Crippen molar-refractivity contribution in [1.82, 2.24) is 9.13 Å². The summed E-state index contributed by atoms with van der Waals surface area (Å²) >= 11 is 0. The minimum atomic E-state index is 0.000733. The zero-order valence-corrected chi connectivity index (χ0v) is 41.2. The van der Waals surface area contributed by atoms with Crippen LogP contribution in [0.5, 0.6) is 0 Å². The van der Waals surface area contributed by atoms with E-state index in [0.717, 1.165) is 18.8 Å². The molecule has 68 heavy (non-hydrogen) atoms. The molecule has 0 N–H and O–H groups in total. The summed E-state index contributed by atoms with van der Waals surface area (Å²) in [5.41, 5.74) is 18.2. The topological polar surface area (TPSA) is 13.1 Å². The monoisotopic (exact) mass is 890 g/mol. The van der Waals surface area contributed by atoms with Crippen LogP contribution in [0.2, 0.25) is 0 Å². The number of allylic oxidation sites excluding steroid dienone is 1. The predicted octanol–water partition coefficient (Wildman–Crippen LogP) is 17.9. The van der Waals surface area contributed by atoms with Gasteiger partial charge in [-0.25, -0.2) is 0 Å². The number of benzene rings is 7. The molecule has 0 bridgehead atoms. The molecule has 3 nitrogen and oxygen atoms in total. The summed E-state index contributed by atoms with van der Waals surface area (Å²) in [7, 11) is 2.17. The quantitative estimate of drug-likeness (QED) is 0.109. The lowest BCUT2D eigenvalue weighted by Crippen LogP contribution is -2.26. The van der Waals surface area contributed by atoms with Crippen LogP contribution >= 0.6 is 0 Å². The fourth-order valence-corrected chi connectivity index (χ4v) is 10.2. The summed E-state index contributed by atoms with van der Waals surface area (Å²) < 4.78 is 4.50. The molecule has 3 heteroatoms. The van der Waals surface area contributed by atoms with Crippen LogP contribution in [0.25, 0.3) is 68.6 Å². The normalized spacial score (nSPS) is 14.3. The first-order valence-electron chi connectivity index (χ1n) is 24.7. The highest BCUT2D eigenvalue weighted by Crippen LogP contribution is 2.53. The maximum absolute atomic E-state index is 3.36. The van der Waals surface area contributed by atoms with Crippen molar-refractivity contribution in [2.24, 2.45) is 0 Å². The molecule has 342 valence electrons. The molecule has 1 unspecified atom stereocenters. The van der Waals surface area contributed by atoms with Crippen LogP contribution in [0.1, 0.15) is 106 Å². The Kier molecular flexibility index (Phi) is 14.9. The number of aromatic nitrogens is 2. The first kappa shape index (κ1) is 47.1. The number of rotatable bonds is 8. The number of fused-ring (bicyclic) bond motifs is 6. The van der Waals surface area contributed by atoms with Gasteiger partial charge in [0.05, 0.1) is 11.0 Å². The minimum absolute atomic E-state index is 0.000733. The molecule has 11 rings (SSSR count). The smallest absolute Gasteiger partial charge is 0.0528 e. The maximum Gasteiger partial charge on any atom is 0.0528 e. The van der Waals surface area contributed by atoms with Crippen LogP contribution in [0.15, 0.2) is 195 Å². The van der Waals surface area contributed by atoms with Gasteiger partial charge in [-0.15, -0.1) is 6.58 Å². The van der Waals surface area contributed by atoms with Crippen LogP contribution in [0.3, 0.4) is 0 Å². The second-order valence-electron chi connectivity index (χ2n) is 17.8. The van der Waals surface area contributed by atoms with Crippen LogP contribution in [-0.2, 0) is 5.41 Å². The summed E-state index contributed by atoms with van der Waals surface area (Å²) in [6, 6.07) is 61.8. The molecule has 0 spiro atoms. The SMILES string of the molecule is C=CC.CC.CC1CCN(C)c2ccccc21.CCC1(CC)c2cc(/C=C/c3ccc(-n4ccc5ccccc54)cc3)ccc2-c2ccc(/C=C/c3ccc(-n4ccc5ccccc54)cc3)cc21. The largest absolute Gasteiger partial charge is 0.374 e. The molecule has 2 aromatic heterocycles. The lowest BCUT2D eigenvalue weighted by atomic mass is 9.73. The van der Waals surface area contributed by atoms with Crippen molar-refractivity contribution in [1.29, 1.82) is 0 Å². The first-order chi connectivity index (χ1) is 33.3. The maximum atomic E-state index is 3.36. The summed E-state index contributed by atoms with van der Waals surface area (Å²) in [4.78, 5) is 2.34. The summed E-state index contributed by atoms with van der Waals surface area (Å²) in [5, 5.41) is 2.51. The van der Waals surface area contributed by atoms with E-state index in [-0.39, 0.29) is 5.41 Å². The third-order valence-corrected chi connectivity index (χ3v) is 13.9. The van der Waals surface area contributed by atoms with Crippen molar-refractivity contribution in [2.75, 3.05) is 18.5 Å². The molecule has 7 aromatic carbocycles. The van der Waals surface area contributed by atoms with E-state index >= 15 is 0 Å². The van der Waals surface area contributed by atoms with Crippen molar-refractivity contribution in [2.45, 2.75) is 72.1 Å². The van der Waals surface area contributed by atoms with Crippen LogP contribution < -0.4 is 4.90 Å². The number of anilines is 1. The van der Waals surface area contributed by atoms with E-state index in [1.165, 1.54) is 102 Å². The van der Waals surface area contributed by atoms with Crippen molar-refractivity contribution in [3.05, 3.63) is 234 Å². The highest BCUT2D eigenvalue weighted by molar-refractivity contribution is 5.86. The summed E-state index contributed by atoms with van der Waals surface area (Å²) in [6.07, 6.45) is 18.5. The van der Waals surface area contributed by atoms with Gasteiger partial charge >= 0.3 is 0 Å². The fraction of sp³-hybridized carbons (Fsp3) is 0.200. The molecule has 0 fully saturated rings. The van der Waals surface area contributed by atoms with E-state index in [9.17, 15) is 0 Å². The number of nitrogens with zero attached hydrogens (tertiary/aromatic N) is 3. The Morgan fingerprint density at radius 1 is 0.544 bits per heavy atom. The van der Waals surface area contributed by atoms with Gasteiger partial charge in [-0.3, -0.25) is 0 Å². The second-order valence-corrected chi connectivity index (χ2v) is 17.8. The van der Waals surface area contributed by atoms with E-state index in [4.69, 9.17) is 0 Å². The minimum Gasteiger partial charge on any atom is -0.374 e. The van der Waals surface area contributed by atoms with E-state index in [1.807, 2.05) is 20.8 Å². The second kappa shape index (κ2) is 21.5. The Balaban J connectivity index is 0.000000312. The Morgan fingerprint density at radius 3 is 1.41 bits per heavy atom. The molecule has 0 amide bonds. The molecule has 1 atom stereocenters. The Hall–Kier alpha value is -7.36. The number of hydrogen-bond donors (Lipinski definition) is 0. The van der Waals surface area contributed by atoms with E-state index in [2.05, 4.69) is 255 Å². The van der Waals surface area contributed by atoms with Crippen LogP contribution in [0.4, 0.5) is 5.69 Å². The van der Waals surface area contributed by atoms with Gasteiger partial charge in [0.25, 0.3) is 0 Å². The average Bonchev–Trinajstić information content (AvgIpc) is 4.10. The third-order valence-electron chi connectivity index (χ3n) is 13.9. The molecular formula is C65H67N3. The van der Waals surface area contributed by atoms with Gasteiger partial charge in [0.15, 0.2) is 0 Å². The van der Waals surface area contributed by atoms with E-state index < -0.39 is 0 Å². The first-order valence-corrected chi connectivity index (χ1v) is 24.7. The Bertz CT molecular complexity index is 2960. The molecule has 1 aliphatic carbocycles. The molecule has 0 saturated heterocycles. The van der Waals surface area contributed by atoms with Gasteiger partial charge in [0.1, 0.15) is 0 Å². The lowest BCUT2D eigenvalue weighted by Gasteiger charge is -2.31. The zero-order valence-electron chi connectivity index (χ0n) is 41.2. The standard InChI is InChI=1S/C49H40N2.C11H15N.C3H6.C2H6/c1-3-49(4-2)45-33-37(15-13-35-17-23-41(24-18-35)50-31-29-39-9-5-7-11-47(39)50)21-27-43(45)44-28-22-38(34-46(44)49)16-14-36-19-25-42(26-20-36)51-32-30-40-10-6-8-12-48(40)51;1-9-7-8-12(2)11-6-4-3-5-10(9)11;1-3-2;1-2/h5-34H,3-4H2,1-2H3;3-6,9H,7-8H2,1-2H3;3H,1H2,2H3;1-2H3/b15-13+,16-14+;;;. The molecule has 0 radical (unpaired) electrons. The van der Waals surface area contributed by atoms with E-state index in [0.29, 0.717) is 0 Å². The van der Waals surface area contributed by atoms with Gasteiger partial charge < -0.3 is 14.0 Å². The Morgan fingerprint density at radius 2 is 0.956 bits per heavy atom. The van der Waals surface area contributed by atoms with Gasteiger partial charge in [-0.2, -0.15) is 0 Å². The van der Waals surface area contributed by atoms with Gasteiger partial charge in [-0.05, 0) is 148 Å². The van der Waals surface area contributed by atoms with Crippen molar-refractivity contribution in [3.63, 3.8) is 0 Å². The number of para-hydroxylation sites is 3. The predicted molar refractivity (Wildman–Crippen MR) is 298 cm³/mol. The van der Waals surface area contributed by atoms with E-state index in [1.54, 1.807) is 6.08 Å². The van der Waals surface area contributed by atoms with Crippen molar-refractivity contribution >= 4 is 51.8 Å². The van der Waals surface area contributed by atoms with Gasteiger partial charge in [0.2, 0.25) is 0 Å². The van der Waals surface area contributed by atoms with Crippen LogP contribution in [-0.4, -0.2) is 22.7 Å². The summed E-state index contributed by atoms with van der Waals surface area (Å²) in [6.45, 7) is 17.4. The fourth-order valence-electron chi connectivity index (χ4n) is 10.2. The molecular weight excluding hydrogens is 823 g/mol. The highest BCUT2D eigenvalue weighted by atomic mass is 15.1. The average molecular weight is 890 g/mol. The molecule has 1 aliphatic heterocycles. The van der Waals surface area contributed by atoms with Crippen LogP contribution in [0, 0.1) is 0 Å². The highest BCUT2D eigenvalue weighted by Gasteiger charge is 2.40. The zero-order chi connectivity index (χ0) is 47.6. The lowest BCUT2D eigenvalue weighted by molar-refractivity contribution is 0.490. The molecule has 0 saturated carbocycles. The third kappa shape index (κ3) is 9.58. The van der Waals surface area contributed by atoms with Crippen molar-refractivity contribution in [3.8, 4) is 22.5 Å². The molecule has 3 heterocycles. The molecule has 9 aromatic rings. The number of hydrogen-bond acceptors (Lipinski definition) is 1. The van der Waals surface area contributed by atoms with Gasteiger partial charge in [0, 0.05) is 48.5 Å². The molecule has 2 aliphatic rings. The summed E-state index contributed by atoms with van der Waals surface area (Å²) in [5.74, 6) is 0.734. The Labute approximate surface area is 406 Å². The van der Waals surface area contributed by atoms with Crippen molar-refractivity contribution < 1.29 is 0 Å².